The van der Waals surface area contributed by atoms with Crippen molar-refractivity contribution in [3.63, 3.8) is 0 Å². The molecular weight excluding hydrogens is 268 g/mol. The third kappa shape index (κ3) is 2.72. The number of nitrogens with one attached hydrogen (secondary N) is 1. The highest BCUT2D eigenvalue weighted by Crippen LogP contribution is 2.40. The van der Waals surface area contributed by atoms with Crippen molar-refractivity contribution < 1.29 is 0 Å². The first kappa shape index (κ1) is 14.7. The van der Waals surface area contributed by atoms with Crippen LogP contribution < -0.4 is 5.32 Å². The third-order valence-corrected chi connectivity index (χ3v) is 5.99. The highest BCUT2D eigenvalue weighted by Gasteiger charge is 2.39. The van der Waals surface area contributed by atoms with Crippen molar-refractivity contribution in [2.24, 2.45) is 11.8 Å². The summed E-state index contributed by atoms with van der Waals surface area (Å²) < 4.78 is 0. The molecule has 0 bridgehead atoms. The number of hydrogen-bond acceptors (Lipinski definition) is 2. The van der Waals surface area contributed by atoms with Crippen molar-refractivity contribution in [3.8, 4) is 0 Å². The lowest BCUT2D eigenvalue weighted by atomic mass is 9.77. The first-order chi connectivity index (χ1) is 10.7. The number of nitrogens with zero attached hydrogens (tertiary/aromatic N) is 1. The van der Waals surface area contributed by atoms with Crippen LogP contribution in [-0.4, -0.2) is 30.6 Å². The third-order valence-electron chi connectivity index (χ3n) is 5.99. The molecule has 1 aromatic rings. The molecule has 120 valence electrons. The monoisotopic (exact) mass is 298 g/mol. The summed E-state index contributed by atoms with van der Waals surface area (Å²) in [5.41, 5.74) is 4.80. The predicted molar refractivity (Wildman–Crippen MR) is 92.1 cm³/mol. The van der Waals surface area contributed by atoms with Crippen LogP contribution in [0.3, 0.4) is 0 Å². The Kier molecular flexibility index (Phi) is 4.00. The van der Waals surface area contributed by atoms with E-state index in [4.69, 9.17) is 0 Å². The summed E-state index contributed by atoms with van der Waals surface area (Å²) >= 11 is 0. The van der Waals surface area contributed by atoms with Gasteiger partial charge in [0.1, 0.15) is 0 Å². The van der Waals surface area contributed by atoms with E-state index in [1.165, 1.54) is 57.3 Å². The van der Waals surface area contributed by atoms with Crippen LogP contribution in [0.5, 0.6) is 0 Å². The van der Waals surface area contributed by atoms with Gasteiger partial charge < -0.3 is 5.32 Å². The first-order valence-electron chi connectivity index (χ1n) is 9.30. The fourth-order valence-electron chi connectivity index (χ4n) is 4.97. The van der Waals surface area contributed by atoms with Crippen LogP contribution in [0, 0.1) is 11.8 Å². The molecule has 3 atom stereocenters. The fourth-order valence-corrected chi connectivity index (χ4v) is 4.97. The summed E-state index contributed by atoms with van der Waals surface area (Å²) in [7, 11) is 0. The smallest absolute Gasteiger partial charge is 0.0366 e. The Morgan fingerprint density at radius 2 is 2.23 bits per heavy atom. The molecule has 2 nitrogen and oxygen atoms in total. The van der Waals surface area contributed by atoms with E-state index in [0.29, 0.717) is 6.04 Å². The van der Waals surface area contributed by atoms with Crippen LogP contribution in [0.25, 0.3) is 0 Å². The Morgan fingerprint density at radius 1 is 1.32 bits per heavy atom. The quantitative estimate of drug-likeness (QED) is 0.898. The lowest BCUT2D eigenvalue weighted by molar-refractivity contribution is 0.0552. The van der Waals surface area contributed by atoms with Gasteiger partial charge in [-0.3, -0.25) is 4.90 Å². The van der Waals surface area contributed by atoms with Gasteiger partial charge in [0.2, 0.25) is 0 Å². The van der Waals surface area contributed by atoms with Crippen LogP contribution in [0.1, 0.15) is 55.8 Å². The van der Waals surface area contributed by atoms with Gasteiger partial charge >= 0.3 is 0 Å². The Balaban J connectivity index is 1.57. The molecular formula is C20H30N2. The topological polar surface area (TPSA) is 15.3 Å². The van der Waals surface area contributed by atoms with Gasteiger partial charge in [0.05, 0.1) is 0 Å². The molecule has 2 heteroatoms. The summed E-state index contributed by atoms with van der Waals surface area (Å²) in [6, 6.07) is 8.78. The summed E-state index contributed by atoms with van der Waals surface area (Å²) in [6.45, 7) is 8.45. The highest BCUT2D eigenvalue weighted by molar-refractivity contribution is 5.37. The fraction of sp³-hybridized carbons (Fsp3) is 0.700. The molecule has 2 saturated heterocycles. The summed E-state index contributed by atoms with van der Waals surface area (Å²) in [5, 5.41) is 3.80. The molecule has 0 unspecified atom stereocenters. The van der Waals surface area contributed by atoms with Crippen molar-refractivity contribution in [1.29, 1.82) is 0 Å². The Labute approximate surface area is 135 Å². The number of hydrogen-bond donors (Lipinski definition) is 1. The molecule has 1 aromatic carbocycles. The number of piperidine rings is 2. The molecule has 0 saturated carbocycles. The van der Waals surface area contributed by atoms with E-state index in [0.717, 1.165) is 17.9 Å². The van der Waals surface area contributed by atoms with Crippen LogP contribution in [0.2, 0.25) is 0 Å². The SMILES string of the molecule is CC(C)Cc1ccc2c(c1)CCN1C[C@@H]3CCCN[C@@H]3C[C@H]21. The molecule has 0 aromatic heterocycles. The van der Waals surface area contributed by atoms with E-state index < -0.39 is 0 Å². The van der Waals surface area contributed by atoms with Crippen molar-refractivity contribution in [3.05, 3.63) is 34.9 Å². The summed E-state index contributed by atoms with van der Waals surface area (Å²) in [6.07, 6.45) is 6.59. The number of fused-ring (bicyclic) bond motifs is 4. The molecule has 0 spiro atoms. The zero-order chi connectivity index (χ0) is 15.1. The van der Waals surface area contributed by atoms with Gasteiger partial charge in [-0.15, -0.1) is 0 Å². The van der Waals surface area contributed by atoms with E-state index in [1.807, 2.05) is 0 Å². The lowest BCUT2D eigenvalue weighted by Crippen LogP contribution is -2.54. The first-order valence-corrected chi connectivity index (χ1v) is 9.30. The summed E-state index contributed by atoms with van der Waals surface area (Å²) in [5.74, 6) is 1.65. The maximum atomic E-state index is 3.80. The minimum absolute atomic E-state index is 0.670. The molecule has 22 heavy (non-hydrogen) atoms. The second kappa shape index (κ2) is 5.98. The van der Waals surface area contributed by atoms with Crippen molar-refractivity contribution in [2.45, 2.75) is 58.0 Å². The van der Waals surface area contributed by atoms with Crippen LogP contribution in [-0.2, 0) is 12.8 Å². The molecule has 1 N–H and O–H groups in total. The standard InChI is InChI=1S/C20H30N2/c1-14(2)10-15-5-6-18-16(11-15)7-9-22-13-17-4-3-8-21-19(17)12-20(18)22/h5-6,11,14,17,19-21H,3-4,7-10,12-13H2,1-2H3/t17-,19+,20+/m0/s1. The van der Waals surface area contributed by atoms with Crippen molar-refractivity contribution in [1.82, 2.24) is 10.2 Å². The van der Waals surface area contributed by atoms with Gasteiger partial charge in [0, 0.05) is 25.2 Å². The van der Waals surface area contributed by atoms with Gasteiger partial charge in [-0.1, -0.05) is 32.0 Å². The second-order valence-corrected chi connectivity index (χ2v) is 8.09. The van der Waals surface area contributed by atoms with Gasteiger partial charge in [-0.05, 0) is 67.2 Å². The average molecular weight is 298 g/mol. The Morgan fingerprint density at radius 3 is 3.09 bits per heavy atom. The van der Waals surface area contributed by atoms with Crippen LogP contribution in [0.15, 0.2) is 18.2 Å². The van der Waals surface area contributed by atoms with Gasteiger partial charge in [-0.25, -0.2) is 0 Å². The highest BCUT2D eigenvalue weighted by atomic mass is 15.2. The van der Waals surface area contributed by atoms with Crippen molar-refractivity contribution in [2.75, 3.05) is 19.6 Å². The minimum Gasteiger partial charge on any atom is -0.314 e. The lowest BCUT2D eigenvalue weighted by Gasteiger charge is -2.49. The van der Waals surface area contributed by atoms with Gasteiger partial charge in [0.25, 0.3) is 0 Å². The molecule has 2 fully saturated rings. The van der Waals surface area contributed by atoms with E-state index in [9.17, 15) is 0 Å². The molecule has 3 aliphatic rings. The molecule has 0 amide bonds. The van der Waals surface area contributed by atoms with Crippen LogP contribution in [0.4, 0.5) is 0 Å². The second-order valence-electron chi connectivity index (χ2n) is 8.09. The molecule has 3 aliphatic heterocycles. The maximum Gasteiger partial charge on any atom is 0.0366 e. The van der Waals surface area contributed by atoms with E-state index in [1.54, 1.807) is 11.1 Å². The predicted octanol–water partition coefficient (Wildman–Crippen LogP) is 3.56. The zero-order valence-electron chi connectivity index (χ0n) is 14.1. The summed E-state index contributed by atoms with van der Waals surface area (Å²) in [4.78, 5) is 2.78. The zero-order valence-corrected chi connectivity index (χ0v) is 14.1. The minimum atomic E-state index is 0.670. The van der Waals surface area contributed by atoms with Crippen molar-refractivity contribution >= 4 is 0 Å². The Bertz CT molecular complexity index is 537. The number of benzene rings is 1. The normalized spacial score (nSPS) is 31.5. The Hall–Kier alpha value is -0.860. The maximum absolute atomic E-state index is 3.80. The molecule has 4 rings (SSSR count). The van der Waals surface area contributed by atoms with Gasteiger partial charge in [0.15, 0.2) is 0 Å². The van der Waals surface area contributed by atoms with E-state index in [-0.39, 0.29) is 0 Å². The van der Waals surface area contributed by atoms with E-state index in [2.05, 4.69) is 42.3 Å². The number of rotatable bonds is 2. The van der Waals surface area contributed by atoms with Gasteiger partial charge in [-0.2, -0.15) is 0 Å². The molecule has 0 radical (unpaired) electrons. The van der Waals surface area contributed by atoms with Crippen LogP contribution >= 0.6 is 0 Å². The largest absolute Gasteiger partial charge is 0.314 e. The average Bonchev–Trinajstić information content (AvgIpc) is 2.52. The molecule has 0 aliphatic carbocycles. The van der Waals surface area contributed by atoms with E-state index >= 15 is 0 Å². The molecule has 3 heterocycles.